The lowest BCUT2D eigenvalue weighted by atomic mass is 9.47. The lowest BCUT2D eigenvalue weighted by Gasteiger charge is -2.61. The fourth-order valence-corrected chi connectivity index (χ4v) is 5.49. The zero-order valence-corrected chi connectivity index (χ0v) is 12.4. The number of carbonyl (C=O) groups is 1. The predicted molar refractivity (Wildman–Crippen MR) is 75.5 cm³/mol. The standard InChI is InChI=1S/C17H26O2/c1-4-5-16(18)19-17(11(2)3)14-7-12-6-13(9-14)10-15(17)8-12/h4-5,11-15H,6-10H2,1-3H3. The SMILES string of the molecule is CC=CC(=O)OC1(C(C)C)C2CC3CC(C2)CC1C3. The number of esters is 1. The normalized spacial score (nSPS) is 44.2. The summed E-state index contributed by atoms with van der Waals surface area (Å²) in [6.45, 7) is 6.36. The van der Waals surface area contributed by atoms with Crippen LogP contribution in [-0.4, -0.2) is 11.6 Å². The number of ether oxygens (including phenoxy) is 1. The van der Waals surface area contributed by atoms with Crippen molar-refractivity contribution >= 4 is 5.97 Å². The molecule has 0 atom stereocenters. The van der Waals surface area contributed by atoms with Gasteiger partial charge in [0.15, 0.2) is 0 Å². The second-order valence-corrected chi connectivity index (χ2v) is 7.23. The van der Waals surface area contributed by atoms with Crippen molar-refractivity contribution in [3.05, 3.63) is 12.2 Å². The van der Waals surface area contributed by atoms with Crippen LogP contribution < -0.4 is 0 Å². The molecule has 19 heavy (non-hydrogen) atoms. The molecular formula is C17H26O2. The van der Waals surface area contributed by atoms with E-state index in [0.717, 1.165) is 11.8 Å². The minimum Gasteiger partial charge on any atom is -0.455 e. The highest BCUT2D eigenvalue weighted by Crippen LogP contribution is 2.61. The molecule has 4 aliphatic carbocycles. The van der Waals surface area contributed by atoms with Gasteiger partial charge in [-0.3, -0.25) is 0 Å². The van der Waals surface area contributed by atoms with Gasteiger partial charge in [0, 0.05) is 6.08 Å². The van der Waals surface area contributed by atoms with E-state index in [9.17, 15) is 4.79 Å². The molecule has 0 radical (unpaired) electrons. The van der Waals surface area contributed by atoms with Gasteiger partial charge < -0.3 is 4.74 Å². The van der Waals surface area contributed by atoms with Gasteiger partial charge in [0.1, 0.15) is 5.60 Å². The first kappa shape index (κ1) is 13.2. The summed E-state index contributed by atoms with van der Waals surface area (Å²) < 4.78 is 6.09. The Hall–Kier alpha value is -0.790. The Morgan fingerprint density at radius 1 is 1.11 bits per heavy atom. The Morgan fingerprint density at radius 2 is 1.63 bits per heavy atom. The summed E-state index contributed by atoms with van der Waals surface area (Å²) >= 11 is 0. The second kappa shape index (κ2) is 4.64. The van der Waals surface area contributed by atoms with Crippen LogP contribution in [0.2, 0.25) is 0 Å². The molecule has 0 saturated heterocycles. The quantitative estimate of drug-likeness (QED) is 0.568. The molecule has 4 saturated carbocycles. The van der Waals surface area contributed by atoms with Gasteiger partial charge in [0.2, 0.25) is 0 Å². The lowest BCUT2D eigenvalue weighted by Crippen LogP contribution is -2.62. The molecular weight excluding hydrogens is 236 g/mol. The Kier molecular flexibility index (Phi) is 3.23. The van der Waals surface area contributed by atoms with E-state index in [4.69, 9.17) is 4.74 Å². The van der Waals surface area contributed by atoms with Gasteiger partial charge in [0.05, 0.1) is 0 Å². The molecule has 0 aromatic carbocycles. The average molecular weight is 262 g/mol. The third kappa shape index (κ3) is 1.95. The Bertz CT molecular complexity index is 366. The Morgan fingerprint density at radius 3 is 2.05 bits per heavy atom. The molecule has 0 aromatic rings. The number of hydrogen-bond acceptors (Lipinski definition) is 2. The van der Waals surface area contributed by atoms with Gasteiger partial charge in [-0.1, -0.05) is 19.9 Å². The van der Waals surface area contributed by atoms with E-state index in [1.165, 1.54) is 32.1 Å². The van der Waals surface area contributed by atoms with Crippen LogP contribution in [0.3, 0.4) is 0 Å². The van der Waals surface area contributed by atoms with Crippen molar-refractivity contribution in [2.24, 2.45) is 29.6 Å². The molecule has 2 heteroatoms. The fraction of sp³-hybridized carbons (Fsp3) is 0.824. The molecule has 4 aliphatic rings. The fourth-order valence-electron chi connectivity index (χ4n) is 5.49. The first-order valence-corrected chi connectivity index (χ1v) is 7.91. The predicted octanol–water partition coefficient (Wildman–Crippen LogP) is 3.96. The zero-order valence-electron chi connectivity index (χ0n) is 12.4. The smallest absolute Gasteiger partial charge is 0.330 e. The maximum atomic E-state index is 12.0. The molecule has 4 rings (SSSR count). The lowest BCUT2D eigenvalue weighted by molar-refractivity contribution is -0.220. The molecule has 4 bridgehead atoms. The molecule has 2 nitrogen and oxygen atoms in total. The summed E-state index contributed by atoms with van der Waals surface area (Å²) in [5.41, 5.74) is -0.177. The summed E-state index contributed by atoms with van der Waals surface area (Å²) in [6.07, 6.45) is 9.94. The minimum atomic E-state index is -0.177. The van der Waals surface area contributed by atoms with E-state index in [2.05, 4.69) is 13.8 Å². The Labute approximate surface area is 116 Å². The van der Waals surface area contributed by atoms with Gasteiger partial charge in [-0.25, -0.2) is 4.79 Å². The molecule has 0 unspecified atom stereocenters. The number of hydrogen-bond donors (Lipinski definition) is 0. The largest absolute Gasteiger partial charge is 0.455 e. The van der Waals surface area contributed by atoms with E-state index < -0.39 is 0 Å². The molecule has 106 valence electrons. The van der Waals surface area contributed by atoms with Gasteiger partial charge >= 0.3 is 5.97 Å². The molecule has 0 N–H and O–H groups in total. The van der Waals surface area contributed by atoms with E-state index in [1.54, 1.807) is 12.2 Å². The van der Waals surface area contributed by atoms with E-state index in [-0.39, 0.29) is 11.6 Å². The van der Waals surface area contributed by atoms with Crippen molar-refractivity contribution in [2.75, 3.05) is 0 Å². The third-order valence-corrected chi connectivity index (χ3v) is 5.90. The summed E-state index contributed by atoms with van der Waals surface area (Å²) in [5.74, 6) is 3.33. The van der Waals surface area contributed by atoms with Crippen molar-refractivity contribution in [3.8, 4) is 0 Å². The highest BCUT2D eigenvalue weighted by Gasteiger charge is 2.60. The second-order valence-electron chi connectivity index (χ2n) is 7.23. The molecule has 0 amide bonds. The zero-order chi connectivity index (χ0) is 13.6. The van der Waals surface area contributed by atoms with Crippen LogP contribution in [0.5, 0.6) is 0 Å². The first-order valence-electron chi connectivity index (χ1n) is 7.91. The molecule has 0 heterocycles. The number of carbonyl (C=O) groups excluding carboxylic acids is 1. The van der Waals surface area contributed by atoms with Gasteiger partial charge in [-0.15, -0.1) is 0 Å². The van der Waals surface area contributed by atoms with Gasteiger partial charge in [0.25, 0.3) is 0 Å². The Balaban J connectivity index is 1.90. The van der Waals surface area contributed by atoms with E-state index in [1.807, 2.05) is 6.92 Å². The van der Waals surface area contributed by atoms with Crippen molar-refractivity contribution in [1.29, 1.82) is 0 Å². The minimum absolute atomic E-state index is 0.135. The van der Waals surface area contributed by atoms with Crippen LogP contribution in [0.25, 0.3) is 0 Å². The van der Waals surface area contributed by atoms with Crippen LogP contribution >= 0.6 is 0 Å². The topological polar surface area (TPSA) is 26.3 Å². The summed E-state index contributed by atoms with van der Waals surface area (Å²) in [5, 5.41) is 0. The van der Waals surface area contributed by atoms with Crippen LogP contribution in [0, 0.1) is 29.6 Å². The first-order chi connectivity index (χ1) is 9.06. The summed E-state index contributed by atoms with van der Waals surface area (Å²) in [7, 11) is 0. The highest BCUT2D eigenvalue weighted by molar-refractivity contribution is 5.82. The molecule has 0 aliphatic heterocycles. The van der Waals surface area contributed by atoms with Crippen molar-refractivity contribution in [1.82, 2.24) is 0 Å². The van der Waals surface area contributed by atoms with Crippen LogP contribution in [0.15, 0.2) is 12.2 Å². The van der Waals surface area contributed by atoms with Crippen molar-refractivity contribution in [3.63, 3.8) is 0 Å². The maximum absolute atomic E-state index is 12.0. The summed E-state index contributed by atoms with van der Waals surface area (Å²) in [4.78, 5) is 12.0. The van der Waals surface area contributed by atoms with Crippen LogP contribution in [0.1, 0.15) is 52.9 Å². The number of allylic oxidation sites excluding steroid dienone is 1. The van der Waals surface area contributed by atoms with E-state index in [0.29, 0.717) is 17.8 Å². The molecule has 0 spiro atoms. The van der Waals surface area contributed by atoms with Gasteiger partial charge in [-0.05, 0) is 68.6 Å². The summed E-state index contributed by atoms with van der Waals surface area (Å²) in [6, 6.07) is 0. The maximum Gasteiger partial charge on any atom is 0.330 e. The monoisotopic (exact) mass is 262 g/mol. The highest BCUT2D eigenvalue weighted by atomic mass is 16.6. The van der Waals surface area contributed by atoms with Crippen molar-refractivity contribution < 1.29 is 9.53 Å². The van der Waals surface area contributed by atoms with Gasteiger partial charge in [-0.2, -0.15) is 0 Å². The van der Waals surface area contributed by atoms with Crippen LogP contribution in [-0.2, 0) is 9.53 Å². The van der Waals surface area contributed by atoms with Crippen LogP contribution in [0.4, 0.5) is 0 Å². The third-order valence-electron chi connectivity index (χ3n) is 5.90. The average Bonchev–Trinajstić information content (AvgIpc) is 2.33. The molecule has 0 aromatic heterocycles. The van der Waals surface area contributed by atoms with E-state index >= 15 is 0 Å². The molecule has 4 fully saturated rings. The van der Waals surface area contributed by atoms with Crippen molar-refractivity contribution in [2.45, 2.75) is 58.5 Å². The number of rotatable bonds is 3.